The third-order valence-corrected chi connectivity index (χ3v) is 4.04. The number of nitrogens with two attached hydrogens (primary N) is 1. The van der Waals surface area contributed by atoms with Crippen molar-refractivity contribution in [1.29, 1.82) is 5.41 Å². The number of anilines is 1. The molecule has 3 heterocycles. The van der Waals surface area contributed by atoms with Gasteiger partial charge in [0.1, 0.15) is 5.52 Å². The van der Waals surface area contributed by atoms with Gasteiger partial charge in [0.05, 0.1) is 11.2 Å². The minimum absolute atomic E-state index is 0.555. The largest absolute Gasteiger partial charge is 0.404 e. The van der Waals surface area contributed by atoms with Crippen molar-refractivity contribution in [2.75, 3.05) is 25.0 Å². The molecule has 0 aromatic carbocycles. The number of piperidine rings is 1. The molecule has 1 aliphatic heterocycles. The number of pyridine rings is 1. The molecule has 23 heavy (non-hydrogen) atoms. The molecule has 1 unspecified atom stereocenters. The van der Waals surface area contributed by atoms with Gasteiger partial charge in [-0.05, 0) is 37.9 Å². The molecule has 1 saturated heterocycles. The van der Waals surface area contributed by atoms with E-state index in [1.54, 1.807) is 18.5 Å². The molecule has 120 valence electrons. The normalized spacial score (nSPS) is 18.8. The number of hydrogen-bond acceptors (Lipinski definition) is 7. The van der Waals surface area contributed by atoms with Crippen LogP contribution in [0, 0.1) is 11.3 Å². The van der Waals surface area contributed by atoms with E-state index in [4.69, 9.17) is 11.1 Å². The van der Waals surface area contributed by atoms with Crippen LogP contribution in [0.4, 0.5) is 5.82 Å². The minimum atomic E-state index is 0.555. The number of fused-ring (bicyclic) bond motifs is 1. The van der Waals surface area contributed by atoms with Gasteiger partial charge in [-0.2, -0.15) is 0 Å². The molecule has 1 atom stereocenters. The summed E-state index contributed by atoms with van der Waals surface area (Å²) in [5.41, 5.74) is 8.24. The van der Waals surface area contributed by atoms with Crippen molar-refractivity contribution in [3.8, 4) is 0 Å². The molecule has 2 aromatic heterocycles. The fraction of sp³-hybridized carbons (Fsp3) is 0.375. The van der Waals surface area contributed by atoms with E-state index >= 15 is 0 Å². The highest BCUT2D eigenvalue weighted by Crippen LogP contribution is 2.22. The lowest BCUT2D eigenvalue weighted by molar-refractivity contribution is 0.392. The van der Waals surface area contributed by atoms with Crippen molar-refractivity contribution in [3.05, 3.63) is 30.4 Å². The Kier molecular flexibility index (Phi) is 4.77. The summed E-state index contributed by atoms with van der Waals surface area (Å²) in [7, 11) is 0. The minimum Gasteiger partial charge on any atom is -0.404 e. The topological polar surface area (TPSA) is 113 Å². The van der Waals surface area contributed by atoms with E-state index in [0.717, 1.165) is 30.7 Å². The van der Waals surface area contributed by atoms with Gasteiger partial charge in [-0.1, -0.05) is 0 Å². The first kappa shape index (κ1) is 15.4. The first-order chi connectivity index (χ1) is 11.3. The molecule has 2 aromatic rings. The molecule has 1 aliphatic rings. The fourth-order valence-electron chi connectivity index (χ4n) is 2.79. The van der Waals surface area contributed by atoms with Crippen LogP contribution in [0.15, 0.2) is 24.7 Å². The Balaban J connectivity index is 1.91. The summed E-state index contributed by atoms with van der Waals surface area (Å²) in [6.45, 7) is 2.95. The monoisotopic (exact) mass is 311 g/mol. The van der Waals surface area contributed by atoms with Crippen molar-refractivity contribution in [1.82, 2.24) is 20.3 Å². The predicted molar refractivity (Wildman–Crippen MR) is 92.4 cm³/mol. The third-order valence-electron chi connectivity index (χ3n) is 4.04. The zero-order valence-corrected chi connectivity index (χ0v) is 12.9. The Morgan fingerprint density at radius 2 is 2.30 bits per heavy atom. The lowest BCUT2D eigenvalue weighted by atomic mass is 10.00. The van der Waals surface area contributed by atoms with Gasteiger partial charge in [-0.15, -0.1) is 0 Å². The maximum atomic E-state index is 7.46. The van der Waals surface area contributed by atoms with Gasteiger partial charge >= 0.3 is 0 Å². The number of nitrogens with one attached hydrogen (secondary N) is 3. The maximum absolute atomic E-state index is 7.46. The molecule has 0 amide bonds. The highest BCUT2D eigenvalue weighted by atomic mass is 15.0. The summed E-state index contributed by atoms with van der Waals surface area (Å²) in [5, 5.41) is 14.3. The molecular weight excluding hydrogens is 290 g/mol. The summed E-state index contributed by atoms with van der Waals surface area (Å²) in [6, 6.07) is 1.80. The molecule has 0 spiro atoms. The van der Waals surface area contributed by atoms with Crippen LogP contribution in [-0.2, 0) is 0 Å². The number of hydrogen-bond donors (Lipinski definition) is 4. The van der Waals surface area contributed by atoms with E-state index in [1.807, 2.05) is 0 Å². The smallest absolute Gasteiger partial charge is 0.154 e. The van der Waals surface area contributed by atoms with E-state index in [9.17, 15) is 0 Å². The summed E-state index contributed by atoms with van der Waals surface area (Å²) in [4.78, 5) is 13.3. The Morgan fingerprint density at radius 3 is 3.04 bits per heavy atom. The summed E-state index contributed by atoms with van der Waals surface area (Å²) >= 11 is 0. The molecule has 5 N–H and O–H groups in total. The first-order valence-corrected chi connectivity index (χ1v) is 7.81. The second kappa shape index (κ2) is 7.15. The van der Waals surface area contributed by atoms with Gasteiger partial charge in [0.15, 0.2) is 5.82 Å². The Hall–Kier alpha value is -2.54. The number of aromatic nitrogens is 3. The molecule has 1 fully saturated rings. The zero-order valence-electron chi connectivity index (χ0n) is 12.9. The van der Waals surface area contributed by atoms with Crippen LogP contribution in [-0.4, -0.2) is 40.8 Å². The quantitative estimate of drug-likeness (QED) is 0.621. The van der Waals surface area contributed by atoms with Crippen LogP contribution in [0.25, 0.3) is 16.6 Å². The van der Waals surface area contributed by atoms with Crippen LogP contribution in [0.1, 0.15) is 18.5 Å². The molecular formula is C16H21N7. The van der Waals surface area contributed by atoms with Crippen molar-refractivity contribution in [3.63, 3.8) is 0 Å². The van der Waals surface area contributed by atoms with Crippen LogP contribution >= 0.6 is 0 Å². The average molecular weight is 311 g/mol. The van der Waals surface area contributed by atoms with Crippen molar-refractivity contribution in [2.24, 2.45) is 11.7 Å². The van der Waals surface area contributed by atoms with Crippen LogP contribution in [0.2, 0.25) is 0 Å². The van der Waals surface area contributed by atoms with Crippen LogP contribution in [0.3, 0.4) is 0 Å². The Bertz CT molecular complexity index is 719. The summed E-state index contributed by atoms with van der Waals surface area (Å²) < 4.78 is 0. The molecule has 0 bridgehead atoms. The lowest BCUT2D eigenvalue weighted by Crippen LogP contribution is -2.33. The molecule has 0 aliphatic carbocycles. The van der Waals surface area contributed by atoms with E-state index in [1.165, 1.54) is 25.3 Å². The van der Waals surface area contributed by atoms with Gasteiger partial charge < -0.3 is 21.8 Å². The number of rotatable bonds is 5. The van der Waals surface area contributed by atoms with Gasteiger partial charge in [0.25, 0.3) is 0 Å². The SMILES string of the molecule is N=CC(=CN)c1cc2nccnc2c(NCC2CCCNC2)n1. The van der Waals surface area contributed by atoms with Gasteiger partial charge in [-0.25, -0.2) is 9.97 Å². The Morgan fingerprint density at radius 1 is 1.43 bits per heavy atom. The summed E-state index contributed by atoms with van der Waals surface area (Å²) in [6.07, 6.45) is 8.29. The van der Waals surface area contributed by atoms with Crippen molar-refractivity contribution in [2.45, 2.75) is 12.8 Å². The second-order valence-electron chi connectivity index (χ2n) is 5.64. The second-order valence-corrected chi connectivity index (χ2v) is 5.64. The number of nitrogens with zero attached hydrogens (tertiary/aromatic N) is 3. The first-order valence-electron chi connectivity index (χ1n) is 7.81. The molecule has 7 heteroatoms. The van der Waals surface area contributed by atoms with Crippen LogP contribution in [0.5, 0.6) is 0 Å². The standard InChI is InChI=1S/C16H21N7/c17-7-12(8-18)13-6-14-15(21-5-4-20-14)16(23-13)22-10-11-2-1-3-19-9-11/h4-8,11,17,19H,1-3,9-10,18H2,(H,22,23). The highest BCUT2D eigenvalue weighted by molar-refractivity contribution is 6.08. The third kappa shape index (κ3) is 3.45. The summed E-state index contributed by atoms with van der Waals surface area (Å²) in [5.74, 6) is 1.27. The van der Waals surface area contributed by atoms with E-state index in [-0.39, 0.29) is 0 Å². The molecule has 7 nitrogen and oxygen atoms in total. The van der Waals surface area contributed by atoms with Crippen molar-refractivity contribution < 1.29 is 0 Å². The van der Waals surface area contributed by atoms with Gasteiger partial charge in [-0.3, -0.25) is 4.98 Å². The maximum Gasteiger partial charge on any atom is 0.154 e. The molecule has 0 radical (unpaired) electrons. The average Bonchev–Trinajstić information content (AvgIpc) is 2.61. The van der Waals surface area contributed by atoms with E-state index in [2.05, 4.69) is 25.6 Å². The molecule has 0 saturated carbocycles. The van der Waals surface area contributed by atoms with Crippen LogP contribution < -0.4 is 16.4 Å². The van der Waals surface area contributed by atoms with E-state index < -0.39 is 0 Å². The fourth-order valence-corrected chi connectivity index (χ4v) is 2.79. The lowest BCUT2D eigenvalue weighted by Gasteiger charge is -2.23. The Labute approximate surface area is 134 Å². The zero-order chi connectivity index (χ0) is 16.1. The molecule has 3 rings (SSSR count). The number of allylic oxidation sites excluding steroid dienone is 1. The van der Waals surface area contributed by atoms with E-state index in [0.29, 0.717) is 23.0 Å². The van der Waals surface area contributed by atoms with Gasteiger partial charge in [0.2, 0.25) is 0 Å². The van der Waals surface area contributed by atoms with Gasteiger partial charge in [0, 0.05) is 36.9 Å². The van der Waals surface area contributed by atoms with Crippen molar-refractivity contribution >= 4 is 28.6 Å². The highest BCUT2D eigenvalue weighted by Gasteiger charge is 2.15. The predicted octanol–water partition coefficient (Wildman–Crippen LogP) is 1.39.